The van der Waals surface area contributed by atoms with E-state index in [1.54, 1.807) is 6.07 Å². The Morgan fingerprint density at radius 2 is 1.89 bits per heavy atom. The van der Waals surface area contributed by atoms with E-state index in [2.05, 4.69) is 16.7 Å². The smallest absolute Gasteiger partial charge is 0.222 e. The maximum absolute atomic E-state index is 14.1. The lowest BCUT2D eigenvalue weighted by Crippen LogP contribution is -2.53. The molecule has 1 aromatic carbocycles. The van der Waals surface area contributed by atoms with Gasteiger partial charge in [-0.25, -0.2) is 4.39 Å². The van der Waals surface area contributed by atoms with E-state index in [9.17, 15) is 14.3 Å². The fourth-order valence-corrected chi connectivity index (χ4v) is 5.44. The summed E-state index contributed by atoms with van der Waals surface area (Å²) < 4.78 is 14.1. The Balaban J connectivity index is 1.39. The van der Waals surface area contributed by atoms with E-state index in [1.807, 2.05) is 17.0 Å². The second-order valence-electron chi connectivity index (χ2n) is 8.63. The van der Waals surface area contributed by atoms with Gasteiger partial charge in [0.1, 0.15) is 5.82 Å². The molecule has 4 rings (SSSR count). The Morgan fingerprint density at radius 3 is 2.61 bits per heavy atom. The van der Waals surface area contributed by atoms with Crippen molar-refractivity contribution in [3.05, 3.63) is 30.1 Å². The minimum Gasteiger partial charge on any atom is -0.388 e. The maximum atomic E-state index is 14.1. The molecule has 0 aliphatic carbocycles. The molecular weight excluding hydrogens is 357 g/mol. The van der Waals surface area contributed by atoms with Crippen molar-refractivity contribution < 1.29 is 14.3 Å². The molecule has 0 radical (unpaired) electrons. The van der Waals surface area contributed by atoms with Crippen molar-refractivity contribution in [3.63, 3.8) is 0 Å². The van der Waals surface area contributed by atoms with Crippen LogP contribution in [-0.4, -0.2) is 71.2 Å². The number of β-amino-alcohol motifs (C(OH)–C–C–N with tert-alkyl or cyclic N) is 1. The largest absolute Gasteiger partial charge is 0.388 e. The zero-order valence-electron chi connectivity index (χ0n) is 16.8. The molecule has 28 heavy (non-hydrogen) atoms. The number of hydrogen-bond acceptors (Lipinski definition) is 4. The van der Waals surface area contributed by atoms with Gasteiger partial charge in [0.05, 0.1) is 11.3 Å². The first-order chi connectivity index (χ1) is 13.5. The molecule has 0 unspecified atom stereocenters. The minimum atomic E-state index is -0.732. The number of carbonyl (C=O) groups excluding carboxylic acids is 1. The number of piperidine rings is 1. The molecule has 3 aliphatic rings. The average molecular weight is 390 g/mol. The van der Waals surface area contributed by atoms with Crippen LogP contribution in [0.2, 0.25) is 0 Å². The van der Waals surface area contributed by atoms with Crippen LogP contribution in [0.5, 0.6) is 0 Å². The lowest BCUT2D eigenvalue weighted by atomic mass is 9.90. The van der Waals surface area contributed by atoms with Crippen molar-refractivity contribution >= 4 is 11.6 Å². The Morgan fingerprint density at radius 1 is 1.14 bits per heavy atom. The zero-order valence-corrected chi connectivity index (χ0v) is 16.8. The summed E-state index contributed by atoms with van der Waals surface area (Å²) in [6.45, 7) is 5.77. The molecule has 2 atom stereocenters. The van der Waals surface area contributed by atoms with Gasteiger partial charge in [-0.05, 0) is 51.2 Å². The summed E-state index contributed by atoms with van der Waals surface area (Å²) in [7, 11) is 0. The van der Waals surface area contributed by atoms with E-state index in [4.69, 9.17) is 0 Å². The predicted octanol–water partition coefficient (Wildman–Crippen LogP) is 2.63. The highest BCUT2D eigenvalue weighted by molar-refractivity contribution is 5.77. The Kier molecular flexibility index (Phi) is 5.61. The number of amides is 1. The van der Waals surface area contributed by atoms with Crippen molar-refractivity contribution in [3.8, 4) is 0 Å². The number of anilines is 1. The van der Waals surface area contributed by atoms with Gasteiger partial charge in [-0.3, -0.25) is 9.69 Å². The highest BCUT2D eigenvalue weighted by Gasteiger charge is 2.44. The zero-order chi connectivity index (χ0) is 19.7. The van der Waals surface area contributed by atoms with Crippen LogP contribution in [-0.2, 0) is 4.79 Å². The molecule has 3 saturated heterocycles. The Hall–Kier alpha value is -1.66. The van der Waals surface area contributed by atoms with Gasteiger partial charge in [0.2, 0.25) is 5.91 Å². The van der Waals surface area contributed by atoms with E-state index < -0.39 is 5.60 Å². The molecular formula is C22H32FN3O2. The van der Waals surface area contributed by atoms with Crippen LogP contribution in [0.3, 0.4) is 0 Å². The lowest BCUT2D eigenvalue weighted by molar-refractivity contribution is -0.132. The van der Waals surface area contributed by atoms with Crippen LogP contribution in [0, 0.1) is 5.82 Å². The number of rotatable bonds is 4. The number of hydrogen-bond donors (Lipinski definition) is 1. The first-order valence-electron chi connectivity index (χ1n) is 10.8. The molecule has 3 aliphatic heterocycles. The van der Waals surface area contributed by atoms with Crippen LogP contribution in [0.4, 0.5) is 10.1 Å². The van der Waals surface area contributed by atoms with E-state index in [0.29, 0.717) is 56.7 Å². The fourth-order valence-electron chi connectivity index (χ4n) is 5.44. The summed E-state index contributed by atoms with van der Waals surface area (Å²) in [4.78, 5) is 18.9. The number of likely N-dealkylation sites (N-methyl/N-ethyl adjacent to an activating group) is 1. The van der Waals surface area contributed by atoms with Crippen LogP contribution in [0.1, 0.15) is 45.4 Å². The van der Waals surface area contributed by atoms with Crippen LogP contribution >= 0.6 is 0 Å². The summed E-state index contributed by atoms with van der Waals surface area (Å²) >= 11 is 0. The monoisotopic (exact) mass is 389 g/mol. The average Bonchev–Trinajstić information content (AvgIpc) is 2.97. The second kappa shape index (κ2) is 7.99. The predicted molar refractivity (Wildman–Crippen MR) is 108 cm³/mol. The van der Waals surface area contributed by atoms with Gasteiger partial charge in [-0.15, -0.1) is 0 Å². The first-order valence-corrected chi connectivity index (χ1v) is 10.8. The SMILES string of the molecule is CCN1C(=O)CCC[C@H]2[C@@H]1CCN2CC1(O)CCN(c2ccccc2F)CC1. The Labute approximate surface area is 167 Å². The normalized spacial score (nSPS) is 28.3. The van der Waals surface area contributed by atoms with E-state index >= 15 is 0 Å². The van der Waals surface area contributed by atoms with Crippen LogP contribution in [0.25, 0.3) is 0 Å². The number of carbonyl (C=O) groups is 1. The van der Waals surface area contributed by atoms with Gasteiger partial charge < -0.3 is 14.9 Å². The number of benzene rings is 1. The van der Waals surface area contributed by atoms with Gasteiger partial charge in [0.25, 0.3) is 0 Å². The van der Waals surface area contributed by atoms with Crippen LogP contribution in [0.15, 0.2) is 24.3 Å². The fraction of sp³-hybridized carbons (Fsp3) is 0.682. The van der Waals surface area contributed by atoms with Crippen molar-refractivity contribution in [1.29, 1.82) is 0 Å². The third kappa shape index (κ3) is 3.77. The summed E-state index contributed by atoms with van der Waals surface area (Å²) in [5.41, 5.74) is -0.101. The standard InChI is InChI=1S/C22H32FN3O2/c1-2-26-20-10-13-25(19(20)8-5-9-21(26)27)16-22(28)11-14-24(15-12-22)18-7-4-3-6-17(18)23/h3-4,6-7,19-20,28H,2,5,8-16H2,1H3/t19-,20-/m0/s1. The molecule has 1 amide bonds. The molecule has 3 heterocycles. The van der Waals surface area contributed by atoms with E-state index in [1.165, 1.54) is 6.07 Å². The molecule has 6 heteroatoms. The molecule has 0 aromatic heterocycles. The molecule has 3 fully saturated rings. The summed E-state index contributed by atoms with van der Waals surface area (Å²) in [6.07, 6.45) is 4.91. The number of likely N-dealkylation sites (tertiary alicyclic amines) is 2. The molecule has 0 saturated carbocycles. The van der Waals surface area contributed by atoms with Crippen molar-refractivity contribution in [2.45, 2.75) is 63.1 Å². The number of para-hydroxylation sites is 1. The minimum absolute atomic E-state index is 0.196. The second-order valence-corrected chi connectivity index (χ2v) is 8.63. The number of fused-ring (bicyclic) bond motifs is 1. The number of nitrogens with zero attached hydrogens (tertiary/aromatic N) is 3. The molecule has 1 N–H and O–H groups in total. The van der Waals surface area contributed by atoms with E-state index in [-0.39, 0.29) is 11.7 Å². The first kappa shape index (κ1) is 19.6. The summed E-state index contributed by atoms with van der Waals surface area (Å²) in [5, 5.41) is 11.3. The van der Waals surface area contributed by atoms with Gasteiger partial charge in [-0.2, -0.15) is 0 Å². The van der Waals surface area contributed by atoms with Crippen LogP contribution < -0.4 is 4.90 Å². The van der Waals surface area contributed by atoms with Crippen molar-refractivity contribution in [2.24, 2.45) is 0 Å². The van der Waals surface area contributed by atoms with Crippen molar-refractivity contribution in [1.82, 2.24) is 9.80 Å². The quantitative estimate of drug-likeness (QED) is 0.860. The van der Waals surface area contributed by atoms with Gasteiger partial charge in [0.15, 0.2) is 0 Å². The highest BCUT2D eigenvalue weighted by Crippen LogP contribution is 2.34. The highest BCUT2D eigenvalue weighted by atomic mass is 19.1. The molecule has 0 spiro atoms. The lowest BCUT2D eigenvalue weighted by Gasteiger charge is -2.43. The third-order valence-corrected chi connectivity index (χ3v) is 6.96. The number of aliphatic hydroxyl groups is 1. The molecule has 0 bridgehead atoms. The Bertz CT molecular complexity index is 705. The van der Waals surface area contributed by atoms with Gasteiger partial charge in [0, 0.05) is 51.2 Å². The molecule has 154 valence electrons. The molecule has 5 nitrogen and oxygen atoms in total. The topological polar surface area (TPSA) is 47.0 Å². The number of halogens is 1. The van der Waals surface area contributed by atoms with Crippen molar-refractivity contribution in [2.75, 3.05) is 37.6 Å². The molecule has 1 aromatic rings. The maximum Gasteiger partial charge on any atom is 0.222 e. The third-order valence-electron chi connectivity index (χ3n) is 6.96. The summed E-state index contributed by atoms with van der Waals surface area (Å²) in [6, 6.07) is 7.53. The van der Waals surface area contributed by atoms with Gasteiger partial charge >= 0.3 is 0 Å². The summed E-state index contributed by atoms with van der Waals surface area (Å²) in [5.74, 6) is 0.0897. The van der Waals surface area contributed by atoms with E-state index in [0.717, 1.165) is 32.4 Å². The van der Waals surface area contributed by atoms with Gasteiger partial charge in [-0.1, -0.05) is 12.1 Å².